The molecule has 0 radical (unpaired) electrons. The minimum absolute atomic E-state index is 0.886. The van der Waals surface area contributed by atoms with Gasteiger partial charge in [-0.1, -0.05) is 133 Å². The third-order valence-electron chi connectivity index (χ3n) is 10.8. The summed E-state index contributed by atoms with van der Waals surface area (Å²) in [4.78, 5) is 2.41. The first-order valence-corrected chi connectivity index (χ1v) is 19.5. The van der Waals surface area contributed by atoms with E-state index in [0.717, 1.165) is 50.1 Å². The summed E-state index contributed by atoms with van der Waals surface area (Å²) >= 11 is 1.86. The molecular weight excluding hydrogens is 687 g/mol. The molecule has 55 heavy (non-hydrogen) atoms. The fraction of sp³-hybridized carbons (Fsp3) is 0. The van der Waals surface area contributed by atoms with Gasteiger partial charge in [0.1, 0.15) is 11.2 Å². The largest absolute Gasteiger partial charge is 0.456 e. The predicted octanol–water partition coefficient (Wildman–Crippen LogP) is 15.6. The maximum absolute atomic E-state index is 6.38. The fourth-order valence-corrected chi connectivity index (χ4v) is 9.30. The highest BCUT2D eigenvalue weighted by atomic mass is 32.1. The van der Waals surface area contributed by atoms with Gasteiger partial charge in [0.25, 0.3) is 0 Å². The minimum atomic E-state index is 0.886. The molecule has 0 amide bonds. The van der Waals surface area contributed by atoms with Crippen LogP contribution in [-0.4, -0.2) is 0 Å². The van der Waals surface area contributed by atoms with Crippen LogP contribution in [0, 0.1) is 0 Å². The van der Waals surface area contributed by atoms with Gasteiger partial charge in [-0.2, -0.15) is 0 Å². The molecule has 2 nitrogen and oxygen atoms in total. The van der Waals surface area contributed by atoms with Gasteiger partial charge < -0.3 is 9.32 Å². The quantitative estimate of drug-likeness (QED) is 0.170. The van der Waals surface area contributed by atoms with Gasteiger partial charge in [0.2, 0.25) is 0 Å². The highest BCUT2D eigenvalue weighted by Gasteiger charge is 2.20. The Labute approximate surface area is 322 Å². The predicted molar refractivity (Wildman–Crippen MR) is 235 cm³/mol. The third-order valence-corrected chi connectivity index (χ3v) is 12.0. The standard InChI is InChI=1S/C52H33NOS/c1-2-12-35-29-38(24-23-34(35)11-1)36-13-9-15-41(30-36)53(42-16-10-14-37(31-42)39-25-28-47-46-19-5-8-22-51(46)55-52(47)33-39)48-20-6-3-17-43(48)40-26-27-45-44-18-4-7-21-49(44)54-50(45)32-40/h1-33H. The fourth-order valence-electron chi connectivity index (χ4n) is 8.16. The molecule has 0 bridgehead atoms. The third kappa shape index (κ3) is 5.48. The number of para-hydroxylation sites is 2. The molecule has 0 spiro atoms. The lowest BCUT2D eigenvalue weighted by Crippen LogP contribution is -2.11. The number of fused-ring (bicyclic) bond motifs is 7. The van der Waals surface area contributed by atoms with Gasteiger partial charge >= 0.3 is 0 Å². The Morgan fingerprint density at radius 1 is 0.345 bits per heavy atom. The van der Waals surface area contributed by atoms with E-state index in [4.69, 9.17) is 4.42 Å². The monoisotopic (exact) mass is 719 g/mol. The van der Waals surface area contributed by atoms with Crippen LogP contribution in [-0.2, 0) is 0 Å². The van der Waals surface area contributed by atoms with Gasteiger partial charge in [-0.05, 0) is 105 Å². The van der Waals surface area contributed by atoms with Crippen LogP contribution in [0.3, 0.4) is 0 Å². The summed E-state index contributed by atoms with van der Waals surface area (Å²) in [6.07, 6.45) is 0. The lowest BCUT2D eigenvalue weighted by molar-refractivity contribution is 0.669. The summed E-state index contributed by atoms with van der Waals surface area (Å²) < 4.78 is 9.00. The second-order valence-electron chi connectivity index (χ2n) is 14.1. The van der Waals surface area contributed by atoms with Crippen LogP contribution in [0.25, 0.3) is 86.3 Å². The topological polar surface area (TPSA) is 16.4 Å². The number of benzene rings is 9. The molecule has 3 heteroatoms. The molecule has 0 saturated heterocycles. The molecule has 0 aliphatic rings. The molecule has 9 aromatic carbocycles. The molecule has 0 saturated carbocycles. The molecule has 0 N–H and O–H groups in total. The van der Waals surface area contributed by atoms with Crippen molar-refractivity contribution < 1.29 is 4.42 Å². The second-order valence-corrected chi connectivity index (χ2v) is 15.2. The van der Waals surface area contributed by atoms with Crippen LogP contribution in [0.2, 0.25) is 0 Å². The van der Waals surface area contributed by atoms with Crippen LogP contribution in [0.15, 0.2) is 205 Å². The van der Waals surface area contributed by atoms with Crippen LogP contribution < -0.4 is 4.90 Å². The van der Waals surface area contributed by atoms with Crippen molar-refractivity contribution in [1.82, 2.24) is 0 Å². The summed E-state index contributed by atoms with van der Waals surface area (Å²) in [5.74, 6) is 0. The highest BCUT2D eigenvalue weighted by Crippen LogP contribution is 2.44. The lowest BCUT2D eigenvalue weighted by atomic mass is 9.98. The van der Waals surface area contributed by atoms with Crippen LogP contribution in [0.5, 0.6) is 0 Å². The zero-order chi connectivity index (χ0) is 36.3. The molecule has 258 valence electrons. The number of nitrogens with zero attached hydrogens (tertiary/aromatic N) is 1. The molecule has 2 aromatic heterocycles. The second kappa shape index (κ2) is 12.9. The number of anilines is 3. The lowest BCUT2D eigenvalue weighted by Gasteiger charge is -2.29. The van der Waals surface area contributed by atoms with Gasteiger partial charge in [0, 0.05) is 47.9 Å². The summed E-state index contributed by atoms with van der Waals surface area (Å²) in [6.45, 7) is 0. The summed E-state index contributed by atoms with van der Waals surface area (Å²) in [6, 6.07) is 72.4. The number of thiophene rings is 1. The molecule has 0 unspecified atom stereocenters. The first-order chi connectivity index (χ1) is 27.2. The summed E-state index contributed by atoms with van der Waals surface area (Å²) in [5, 5.41) is 7.36. The summed E-state index contributed by atoms with van der Waals surface area (Å²) in [5.41, 5.74) is 12.0. The zero-order valence-corrected chi connectivity index (χ0v) is 30.6. The Balaban J connectivity index is 1.08. The van der Waals surface area contributed by atoms with E-state index < -0.39 is 0 Å². The maximum Gasteiger partial charge on any atom is 0.136 e. The number of hydrogen-bond donors (Lipinski definition) is 0. The molecule has 0 aliphatic heterocycles. The Hall–Kier alpha value is -6.94. The van der Waals surface area contributed by atoms with Crippen LogP contribution >= 0.6 is 11.3 Å². The van der Waals surface area contributed by atoms with E-state index >= 15 is 0 Å². The molecule has 0 fully saturated rings. The van der Waals surface area contributed by atoms with Crippen molar-refractivity contribution in [1.29, 1.82) is 0 Å². The normalized spacial score (nSPS) is 11.6. The van der Waals surface area contributed by atoms with Gasteiger partial charge in [0.15, 0.2) is 0 Å². The van der Waals surface area contributed by atoms with Gasteiger partial charge in [0.05, 0.1) is 5.69 Å². The van der Waals surface area contributed by atoms with E-state index in [2.05, 4.69) is 193 Å². The first kappa shape index (κ1) is 31.6. The SMILES string of the molecule is c1cc(-c2ccc3ccccc3c2)cc(N(c2cccc(-c3ccc4c(c3)sc3ccccc34)c2)c2ccccc2-c2ccc3c(c2)oc2ccccc23)c1. The Morgan fingerprint density at radius 2 is 0.945 bits per heavy atom. The Kier molecular flexibility index (Phi) is 7.39. The van der Waals surface area contributed by atoms with Crippen LogP contribution in [0.1, 0.15) is 0 Å². The number of furan rings is 1. The van der Waals surface area contributed by atoms with Gasteiger partial charge in [-0.25, -0.2) is 0 Å². The summed E-state index contributed by atoms with van der Waals surface area (Å²) in [7, 11) is 0. The average molecular weight is 720 g/mol. The smallest absolute Gasteiger partial charge is 0.136 e. The van der Waals surface area contributed by atoms with Crippen molar-refractivity contribution in [3.05, 3.63) is 200 Å². The van der Waals surface area contributed by atoms with Crippen molar-refractivity contribution in [2.24, 2.45) is 0 Å². The first-order valence-electron chi connectivity index (χ1n) is 18.7. The number of rotatable bonds is 6. The zero-order valence-electron chi connectivity index (χ0n) is 29.8. The molecule has 11 aromatic rings. The van der Waals surface area contributed by atoms with E-state index in [1.54, 1.807) is 0 Å². The van der Waals surface area contributed by atoms with E-state index in [9.17, 15) is 0 Å². The van der Waals surface area contributed by atoms with Crippen molar-refractivity contribution in [2.75, 3.05) is 4.90 Å². The maximum atomic E-state index is 6.38. The minimum Gasteiger partial charge on any atom is -0.456 e. The Bertz CT molecular complexity index is 3240. The molecular formula is C52H33NOS. The molecule has 11 rings (SSSR count). The van der Waals surface area contributed by atoms with E-state index in [0.29, 0.717) is 0 Å². The average Bonchev–Trinajstić information content (AvgIpc) is 3.82. The molecule has 2 heterocycles. The van der Waals surface area contributed by atoms with Crippen LogP contribution in [0.4, 0.5) is 17.1 Å². The van der Waals surface area contributed by atoms with E-state index in [1.165, 1.54) is 53.2 Å². The Morgan fingerprint density at radius 3 is 1.80 bits per heavy atom. The van der Waals surface area contributed by atoms with Gasteiger partial charge in [-0.3, -0.25) is 0 Å². The van der Waals surface area contributed by atoms with Crippen molar-refractivity contribution in [3.63, 3.8) is 0 Å². The molecule has 0 atom stereocenters. The molecule has 0 aliphatic carbocycles. The van der Waals surface area contributed by atoms with E-state index in [1.807, 2.05) is 23.5 Å². The number of hydrogen-bond acceptors (Lipinski definition) is 3. The van der Waals surface area contributed by atoms with Gasteiger partial charge in [-0.15, -0.1) is 11.3 Å². The highest BCUT2D eigenvalue weighted by molar-refractivity contribution is 7.25. The van der Waals surface area contributed by atoms with E-state index in [-0.39, 0.29) is 0 Å². The van der Waals surface area contributed by atoms with Crippen molar-refractivity contribution in [3.8, 4) is 33.4 Å². The van der Waals surface area contributed by atoms with Crippen molar-refractivity contribution >= 4 is 81.3 Å². The van der Waals surface area contributed by atoms with Crippen molar-refractivity contribution in [2.45, 2.75) is 0 Å².